The van der Waals surface area contributed by atoms with Crippen molar-refractivity contribution < 1.29 is 12.8 Å². The molecule has 0 aliphatic carbocycles. The van der Waals surface area contributed by atoms with Crippen LogP contribution in [0.4, 0.5) is 4.39 Å². The van der Waals surface area contributed by atoms with Gasteiger partial charge in [0.15, 0.2) is 0 Å². The van der Waals surface area contributed by atoms with Crippen molar-refractivity contribution in [2.24, 2.45) is 0 Å². The van der Waals surface area contributed by atoms with Gasteiger partial charge in [-0.05, 0) is 50.3 Å². The summed E-state index contributed by atoms with van der Waals surface area (Å²) in [5.74, 6) is 0.330. The van der Waals surface area contributed by atoms with Crippen LogP contribution in [0.25, 0.3) is 0 Å². The fourth-order valence-corrected chi connectivity index (χ4v) is 5.00. The van der Waals surface area contributed by atoms with Crippen molar-refractivity contribution in [2.45, 2.75) is 36.0 Å². The summed E-state index contributed by atoms with van der Waals surface area (Å²) in [6.07, 6.45) is 2.07. The lowest BCUT2D eigenvalue weighted by Gasteiger charge is -2.23. The first-order valence-electron chi connectivity index (χ1n) is 6.93. The van der Waals surface area contributed by atoms with Crippen molar-refractivity contribution in [1.29, 1.82) is 0 Å². The molecule has 4 nitrogen and oxygen atoms in total. The van der Waals surface area contributed by atoms with E-state index >= 15 is 0 Å². The second-order valence-corrected chi connectivity index (χ2v) is 8.94. The average Bonchev–Trinajstić information content (AvgIpc) is 2.87. The topological polar surface area (TPSA) is 58.2 Å². The molecule has 2 N–H and O–H groups in total. The maximum atomic E-state index is 13.9. The van der Waals surface area contributed by atoms with Crippen LogP contribution in [-0.4, -0.2) is 32.5 Å². The van der Waals surface area contributed by atoms with Crippen LogP contribution in [0.15, 0.2) is 23.1 Å². The van der Waals surface area contributed by atoms with Gasteiger partial charge in [0.25, 0.3) is 0 Å². The van der Waals surface area contributed by atoms with Crippen LogP contribution in [0.2, 0.25) is 0 Å². The van der Waals surface area contributed by atoms with Gasteiger partial charge in [-0.1, -0.05) is 6.07 Å². The van der Waals surface area contributed by atoms with Gasteiger partial charge < -0.3 is 5.32 Å². The van der Waals surface area contributed by atoms with Gasteiger partial charge >= 0.3 is 0 Å². The summed E-state index contributed by atoms with van der Waals surface area (Å²) in [5, 5.41) is 2.92. The smallest absolute Gasteiger partial charge is 0.243 e. The van der Waals surface area contributed by atoms with Crippen molar-refractivity contribution in [3.63, 3.8) is 0 Å². The van der Waals surface area contributed by atoms with E-state index in [0.29, 0.717) is 13.1 Å². The second kappa shape index (κ2) is 6.64. The Morgan fingerprint density at radius 2 is 2.19 bits per heavy atom. The quantitative estimate of drug-likeness (QED) is 0.838. The third-order valence-electron chi connectivity index (χ3n) is 3.60. The van der Waals surface area contributed by atoms with E-state index < -0.39 is 15.8 Å². The molecule has 7 heteroatoms. The normalized spacial score (nSPS) is 22.6. The largest absolute Gasteiger partial charge is 0.316 e. The molecule has 2 rings (SSSR count). The van der Waals surface area contributed by atoms with Crippen molar-refractivity contribution in [2.75, 3.05) is 19.3 Å². The molecule has 21 heavy (non-hydrogen) atoms. The molecule has 1 unspecified atom stereocenters. The molecule has 1 aromatic carbocycles. The first-order chi connectivity index (χ1) is 9.86. The molecule has 0 bridgehead atoms. The number of hydrogen-bond acceptors (Lipinski definition) is 4. The molecule has 0 saturated carbocycles. The summed E-state index contributed by atoms with van der Waals surface area (Å²) in [5.41, 5.74) is 0.737. The zero-order valence-electron chi connectivity index (χ0n) is 12.3. The Bertz CT molecular complexity index is 599. The molecular weight excluding hydrogens is 311 g/mol. The lowest BCUT2D eigenvalue weighted by atomic mass is 10.1. The summed E-state index contributed by atoms with van der Waals surface area (Å²) in [4.78, 5) is -0.276. The monoisotopic (exact) mass is 332 g/mol. The molecule has 0 radical (unpaired) electrons. The summed E-state index contributed by atoms with van der Waals surface area (Å²) >= 11 is 1.77. The number of halogens is 1. The number of nitrogens with one attached hydrogen (secondary N) is 2. The van der Waals surface area contributed by atoms with E-state index in [0.717, 1.165) is 24.2 Å². The van der Waals surface area contributed by atoms with Gasteiger partial charge in [-0.3, -0.25) is 0 Å². The van der Waals surface area contributed by atoms with Crippen LogP contribution >= 0.6 is 11.8 Å². The minimum Gasteiger partial charge on any atom is -0.316 e. The van der Waals surface area contributed by atoms with Crippen LogP contribution < -0.4 is 10.0 Å². The Morgan fingerprint density at radius 3 is 2.81 bits per heavy atom. The highest BCUT2D eigenvalue weighted by Crippen LogP contribution is 2.37. The number of hydrogen-bond donors (Lipinski definition) is 2. The van der Waals surface area contributed by atoms with Crippen molar-refractivity contribution >= 4 is 21.8 Å². The molecule has 0 spiro atoms. The second-order valence-electron chi connectivity index (χ2n) is 5.52. The van der Waals surface area contributed by atoms with Crippen molar-refractivity contribution in [3.05, 3.63) is 29.6 Å². The van der Waals surface area contributed by atoms with Gasteiger partial charge in [0.1, 0.15) is 10.7 Å². The fraction of sp³-hybridized carbons (Fsp3) is 0.571. The number of rotatable bonds is 6. The Labute approximate surface area is 129 Å². The van der Waals surface area contributed by atoms with Crippen LogP contribution in [0.5, 0.6) is 0 Å². The molecule has 1 aromatic rings. The van der Waals surface area contributed by atoms with E-state index in [-0.39, 0.29) is 9.64 Å². The lowest BCUT2D eigenvalue weighted by Crippen LogP contribution is -2.37. The molecule has 1 atom stereocenters. The summed E-state index contributed by atoms with van der Waals surface area (Å²) in [6.45, 7) is 2.87. The first kappa shape index (κ1) is 16.7. The maximum absolute atomic E-state index is 13.9. The molecule has 118 valence electrons. The Kier molecular flexibility index (Phi) is 5.29. The van der Waals surface area contributed by atoms with Crippen molar-refractivity contribution in [1.82, 2.24) is 10.0 Å². The Balaban J connectivity index is 2.16. The summed E-state index contributed by atoms with van der Waals surface area (Å²) < 4.78 is 41.0. The molecular formula is C14H21FN2O2S2. The minimum atomic E-state index is -3.82. The lowest BCUT2D eigenvalue weighted by molar-refractivity contribution is 0.538. The first-order valence-corrected chi connectivity index (χ1v) is 9.40. The predicted octanol–water partition coefficient (Wildman–Crippen LogP) is 2.11. The molecule has 0 amide bonds. The Hall–Kier alpha value is -0.630. The average molecular weight is 332 g/mol. The van der Waals surface area contributed by atoms with E-state index in [1.54, 1.807) is 24.9 Å². The third-order valence-corrected chi connectivity index (χ3v) is 6.56. The van der Waals surface area contributed by atoms with Crippen LogP contribution in [0.1, 0.15) is 25.3 Å². The predicted molar refractivity (Wildman–Crippen MR) is 84.4 cm³/mol. The highest BCUT2D eigenvalue weighted by Gasteiger charge is 2.31. The van der Waals surface area contributed by atoms with E-state index in [2.05, 4.69) is 10.0 Å². The summed E-state index contributed by atoms with van der Waals surface area (Å²) in [6, 6.07) is 4.17. The number of thioether (sulfide) groups is 1. The molecule has 1 aliphatic rings. The zero-order chi connectivity index (χ0) is 15.5. The van der Waals surface area contributed by atoms with E-state index in [9.17, 15) is 12.8 Å². The zero-order valence-corrected chi connectivity index (χ0v) is 13.9. The highest BCUT2D eigenvalue weighted by atomic mass is 32.2. The van der Waals surface area contributed by atoms with Gasteiger partial charge in [-0.25, -0.2) is 17.5 Å². The number of benzene rings is 1. The maximum Gasteiger partial charge on any atom is 0.243 e. The van der Waals surface area contributed by atoms with Gasteiger partial charge in [0, 0.05) is 17.8 Å². The third kappa shape index (κ3) is 4.18. The van der Waals surface area contributed by atoms with E-state index in [4.69, 9.17) is 0 Å². The van der Waals surface area contributed by atoms with E-state index in [1.165, 1.54) is 12.1 Å². The van der Waals surface area contributed by atoms with Gasteiger partial charge in [0.05, 0.1) is 0 Å². The molecule has 1 aliphatic heterocycles. The number of sulfonamides is 1. The minimum absolute atomic E-state index is 0.0911. The molecule has 1 fully saturated rings. The molecule has 1 heterocycles. The molecule has 0 aromatic heterocycles. The van der Waals surface area contributed by atoms with Gasteiger partial charge in [-0.15, -0.1) is 0 Å². The van der Waals surface area contributed by atoms with Crippen LogP contribution in [0.3, 0.4) is 0 Å². The molecule has 1 saturated heterocycles. The van der Waals surface area contributed by atoms with Crippen LogP contribution in [0, 0.1) is 5.82 Å². The highest BCUT2D eigenvalue weighted by molar-refractivity contribution is 8.01. The van der Waals surface area contributed by atoms with Gasteiger partial charge in [0.2, 0.25) is 10.0 Å². The van der Waals surface area contributed by atoms with Crippen molar-refractivity contribution in [3.8, 4) is 0 Å². The Morgan fingerprint density at radius 1 is 1.43 bits per heavy atom. The van der Waals surface area contributed by atoms with E-state index in [1.807, 2.05) is 6.92 Å². The standard InChI is InChI=1S/C14H21FN2O2S2/c1-14(6-3-7-20-14)10-17-21(18,19)13-8-11(9-16-2)4-5-12(13)15/h4-5,8,16-17H,3,6-7,9-10H2,1-2H3. The summed E-state index contributed by atoms with van der Waals surface area (Å²) in [7, 11) is -2.07. The SMILES string of the molecule is CNCc1ccc(F)c(S(=O)(=O)NCC2(C)CCCS2)c1. The fourth-order valence-electron chi connectivity index (χ4n) is 2.37. The van der Waals surface area contributed by atoms with Gasteiger partial charge in [-0.2, -0.15) is 11.8 Å². The van der Waals surface area contributed by atoms with Crippen LogP contribution in [-0.2, 0) is 16.6 Å².